The Balaban J connectivity index is -0.000000500. The third-order valence-electron chi connectivity index (χ3n) is 1.17. The molecule has 0 bridgehead atoms. The van der Waals surface area contributed by atoms with E-state index >= 15 is 0 Å². The molecule has 0 aromatic rings. The van der Waals surface area contributed by atoms with E-state index in [2.05, 4.69) is 0 Å². The average molecular weight is 205 g/mol. The number of carboxylic acids is 1. The molecule has 0 aromatic heterocycles. The van der Waals surface area contributed by atoms with E-state index in [1.807, 2.05) is 0 Å². The zero-order valence-corrected chi connectivity index (χ0v) is 10.1. The molecule has 0 rings (SSSR count). The van der Waals surface area contributed by atoms with Crippen molar-refractivity contribution in [3.63, 3.8) is 0 Å². The minimum atomic E-state index is -3.10. The van der Waals surface area contributed by atoms with Crippen molar-refractivity contribution in [3.05, 3.63) is 0 Å². The maximum atomic E-state index is 10.6. The summed E-state index contributed by atoms with van der Waals surface area (Å²) in [6.07, 6.45) is 0.0000772. The summed E-state index contributed by atoms with van der Waals surface area (Å²) >= 11 is 0. The topological polar surface area (TPSA) is 101 Å². The van der Waals surface area contributed by atoms with Crippen molar-refractivity contribution in [3.8, 4) is 0 Å². The molecule has 4 N–H and O–H groups in total. The Bertz CT molecular complexity index is 197. The number of hydrogen-bond donors (Lipinski definition) is 3. The van der Waals surface area contributed by atoms with Crippen molar-refractivity contribution in [2.75, 3.05) is 12.8 Å². The van der Waals surface area contributed by atoms with Crippen molar-refractivity contribution in [1.82, 2.24) is 0 Å². The quantitative estimate of drug-likeness (QED) is 0.331. The van der Waals surface area contributed by atoms with Crippen LogP contribution in [0.15, 0.2) is 0 Å². The van der Waals surface area contributed by atoms with Crippen LogP contribution in [0.2, 0.25) is 0 Å². The molecule has 68 valence electrons. The van der Waals surface area contributed by atoms with Crippen molar-refractivity contribution in [2.24, 2.45) is 5.73 Å². The van der Waals surface area contributed by atoms with Crippen LogP contribution < -0.4 is 35.3 Å². The number of nitrogens with two attached hydrogens (primary N) is 1. The van der Waals surface area contributed by atoms with Gasteiger partial charge in [-0.05, 0) is 6.42 Å². The summed E-state index contributed by atoms with van der Waals surface area (Å²) in [5.41, 5.74) is 5.09. The Kier molecular flexibility index (Phi) is 7.72. The van der Waals surface area contributed by atoms with Crippen LogP contribution in [0.25, 0.3) is 0 Å². The van der Waals surface area contributed by atoms with E-state index < -0.39 is 19.4 Å². The van der Waals surface area contributed by atoms with E-state index in [1.54, 1.807) is 0 Å². The summed E-state index contributed by atoms with van der Waals surface area (Å²) in [4.78, 5) is 18.9. The Morgan fingerprint density at radius 2 is 2.17 bits per heavy atom. The first-order valence-corrected chi connectivity index (χ1v) is 5.40. The first-order valence-electron chi connectivity index (χ1n) is 3.10. The molecular formula is C5H13NNaO4P. The predicted octanol–water partition coefficient (Wildman–Crippen LogP) is -3.19. The standard InChI is InChI=1S/C5H12NO4P.Na.H/c1-11(9,10)3-2-4(6)5(7)8;;/h4H,2-3,6H2,1H3,(H,7,8)(H,9,10);;/q;+1;-1/t4-;;/m0../s1. The first-order chi connectivity index (χ1) is 4.83. The molecule has 0 fully saturated rings. The molecule has 1 unspecified atom stereocenters. The van der Waals surface area contributed by atoms with Crippen LogP contribution in [0.1, 0.15) is 7.85 Å². The molecule has 7 heteroatoms. The minimum Gasteiger partial charge on any atom is -1.00 e. The van der Waals surface area contributed by atoms with Gasteiger partial charge in [0.15, 0.2) is 7.37 Å². The molecule has 0 amide bonds. The van der Waals surface area contributed by atoms with Crippen molar-refractivity contribution in [2.45, 2.75) is 12.5 Å². The van der Waals surface area contributed by atoms with Crippen LogP contribution in [-0.4, -0.2) is 34.8 Å². The molecule has 0 aliphatic rings. The normalized spacial score (nSPS) is 17.2. The Morgan fingerprint density at radius 1 is 1.75 bits per heavy atom. The number of carbonyl (C=O) groups is 1. The molecule has 0 aliphatic carbocycles. The number of rotatable bonds is 4. The smallest absolute Gasteiger partial charge is 1.00 e. The van der Waals surface area contributed by atoms with E-state index in [-0.39, 0.29) is 43.6 Å². The fraction of sp³-hybridized carbons (Fsp3) is 0.800. The van der Waals surface area contributed by atoms with Gasteiger partial charge in [0.05, 0.1) is 0 Å². The van der Waals surface area contributed by atoms with E-state index in [0.717, 1.165) is 0 Å². The van der Waals surface area contributed by atoms with E-state index in [1.165, 1.54) is 6.66 Å². The molecule has 5 nitrogen and oxygen atoms in total. The molecule has 0 saturated heterocycles. The maximum absolute atomic E-state index is 10.6. The summed E-state index contributed by atoms with van der Waals surface area (Å²) < 4.78 is 10.6. The molecule has 0 aliphatic heterocycles. The van der Waals surface area contributed by atoms with Gasteiger partial charge in [0.2, 0.25) is 0 Å². The SMILES string of the molecule is CP(=O)(O)CC[C@H](N)C(=O)O.[H-].[Na+]. The zero-order chi connectivity index (χ0) is 9.07. The average Bonchev–Trinajstić information content (AvgIpc) is 1.80. The number of aliphatic carboxylic acids is 1. The Morgan fingerprint density at radius 3 is 2.42 bits per heavy atom. The second kappa shape index (κ2) is 6.13. The van der Waals surface area contributed by atoms with E-state index in [4.69, 9.17) is 15.7 Å². The summed E-state index contributed by atoms with van der Waals surface area (Å²) in [7, 11) is -3.10. The summed E-state index contributed by atoms with van der Waals surface area (Å²) in [5, 5.41) is 8.28. The third-order valence-corrected chi connectivity index (χ3v) is 2.26. The van der Waals surface area contributed by atoms with Crippen molar-refractivity contribution < 1.29 is 50.3 Å². The maximum Gasteiger partial charge on any atom is 1.00 e. The second-order valence-corrected chi connectivity index (χ2v) is 5.06. The molecule has 0 radical (unpaired) electrons. The molecule has 12 heavy (non-hydrogen) atoms. The van der Waals surface area contributed by atoms with Gasteiger partial charge in [-0.1, -0.05) is 0 Å². The van der Waals surface area contributed by atoms with Gasteiger partial charge in [-0.3, -0.25) is 9.36 Å². The first kappa shape index (κ1) is 15.1. The summed E-state index contributed by atoms with van der Waals surface area (Å²) in [6.45, 7) is 1.18. The van der Waals surface area contributed by atoms with Crippen LogP contribution >= 0.6 is 7.37 Å². The van der Waals surface area contributed by atoms with Gasteiger partial charge >= 0.3 is 35.5 Å². The van der Waals surface area contributed by atoms with Gasteiger partial charge in [0.1, 0.15) is 6.04 Å². The third kappa shape index (κ3) is 8.71. The summed E-state index contributed by atoms with van der Waals surface area (Å²) in [6, 6.07) is -1.03. The van der Waals surface area contributed by atoms with Crippen LogP contribution in [-0.2, 0) is 9.36 Å². The van der Waals surface area contributed by atoms with Crippen LogP contribution in [0.5, 0.6) is 0 Å². The van der Waals surface area contributed by atoms with Gasteiger partial charge in [-0.2, -0.15) is 0 Å². The number of carboxylic acid groups (broad SMARTS) is 1. The van der Waals surface area contributed by atoms with E-state index in [9.17, 15) is 9.36 Å². The second-order valence-electron chi connectivity index (χ2n) is 2.51. The van der Waals surface area contributed by atoms with Gasteiger partial charge in [-0.25, -0.2) is 0 Å². The van der Waals surface area contributed by atoms with Gasteiger partial charge < -0.3 is 17.2 Å². The predicted molar refractivity (Wildman–Crippen MR) is 42.0 cm³/mol. The Hall–Kier alpha value is 0.620. The fourth-order valence-corrected chi connectivity index (χ4v) is 1.26. The van der Waals surface area contributed by atoms with Crippen LogP contribution in [0.3, 0.4) is 0 Å². The Labute approximate surface area is 94.6 Å². The molecule has 2 atom stereocenters. The van der Waals surface area contributed by atoms with Crippen LogP contribution in [0, 0.1) is 0 Å². The van der Waals surface area contributed by atoms with Crippen LogP contribution in [0.4, 0.5) is 0 Å². The monoisotopic (exact) mass is 205 g/mol. The van der Waals surface area contributed by atoms with Crippen molar-refractivity contribution in [1.29, 1.82) is 0 Å². The van der Waals surface area contributed by atoms with Gasteiger partial charge in [0, 0.05) is 12.8 Å². The minimum absolute atomic E-state index is 0. The molecule has 0 heterocycles. The largest absolute Gasteiger partial charge is 1.00 e. The molecule has 0 spiro atoms. The van der Waals surface area contributed by atoms with Gasteiger partial charge in [-0.15, -0.1) is 0 Å². The molecular weight excluding hydrogens is 192 g/mol. The molecule has 0 saturated carbocycles. The molecule has 0 aromatic carbocycles. The summed E-state index contributed by atoms with van der Waals surface area (Å²) in [5.74, 6) is -1.14. The van der Waals surface area contributed by atoms with Gasteiger partial charge in [0.25, 0.3) is 0 Å². The van der Waals surface area contributed by atoms with E-state index in [0.29, 0.717) is 0 Å². The van der Waals surface area contributed by atoms with Crippen molar-refractivity contribution >= 4 is 13.3 Å². The number of hydrogen-bond acceptors (Lipinski definition) is 3. The fourth-order valence-electron chi connectivity index (χ4n) is 0.502. The zero-order valence-electron chi connectivity index (χ0n) is 8.23.